The minimum absolute atomic E-state index is 0.00938. The second-order valence-electron chi connectivity index (χ2n) is 13.9. The smallest absolute Gasteiger partial charge is 0.311 e. The van der Waals surface area contributed by atoms with Gasteiger partial charge in [0.1, 0.15) is 29.4 Å². The third kappa shape index (κ3) is 7.77. The van der Waals surface area contributed by atoms with Crippen LogP contribution in [0.2, 0.25) is 0 Å². The van der Waals surface area contributed by atoms with E-state index >= 15 is 0 Å². The molecule has 4 N–H and O–H groups in total. The van der Waals surface area contributed by atoms with Crippen molar-refractivity contribution in [1.29, 1.82) is 0 Å². The van der Waals surface area contributed by atoms with Crippen LogP contribution in [0.1, 0.15) is 54.0 Å². The predicted molar refractivity (Wildman–Crippen MR) is 194 cm³/mol. The van der Waals surface area contributed by atoms with Crippen molar-refractivity contribution in [3.05, 3.63) is 70.9 Å². The minimum atomic E-state index is -1.46. The highest BCUT2D eigenvalue weighted by Gasteiger charge is 2.55. The lowest BCUT2D eigenvalue weighted by Crippen LogP contribution is -2.63. The number of pyridine rings is 1. The molecule has 3 saturated heterocycles. The van der Waals surface area contributed by atoms with Crippen LogP contribution >= 0.6 is 21.6 Å². The van der Waals surface area contributed by atoms with Crippen molar-refractivity contribution in [1.82, 2.24) is 4.98 Å². The molecule has 0 bridgehead atoms. The van der Waals surface area contributed by atoms with E-state index in [9.17, 15) is 25.2 Å². The van der Waals surface area contributed by atoms with Gasteiger partial charge < -0.3 is 63.1 Å². The molecule has 17 heteroatoms. The Morgan fingerprint density at radius 3 is 2.58 bits per heavy atom. The fourth-order valence-electron chi connectivity index (χ4n) is 7.99. The number of rotatable bonds is 12. The number of esters is 1. The van der Waals surface area contributed by atoms with Crippen LogP contribution in [0.5, 0.6) is 23.0 Å². The molecule has 0 radical (unpaired) electrons. The zero-order chi connectivity index (χ0) is 38.2. The van der Waals surface area contributed by atoms with Gasteiger partial charge in [0.2, 0.25) is 6.79 Å². The predicted octanol–water partition coefficient (Wildman–Crippen LogP) is 3.43. The number of benzene rings is 2. The summed E-state index contributed by atoms with van der Waals surface area (Å²) in [7, 11) is 4.59. The quantitative estimate of drug-likeness (QED) is 0.0900. The molecule has 4 aliphatic heterocycles. The normalized spacial score (nSPS) is 32.0. The number of carbonyl (C=O) groups excluding carboxylic acids is 1. The van der Waals surface area contributed by atoms with E-state index < -0.39 is 79.7 Å². The highest BCUT2D eigenvalue weighted by Crippen LogP contribution is 2.57. The lowest BCUT2D eigenvalue weighted by atomic mass is 9.65. The van der Waals surface area contributed by atoms with Gasteiger partial charge in [0.15, 0.2) is 41.9 Å². The molecular formula is C38H43NO14S2. The zero-order valence-electron chi connectivity index (χ0n) is 30.1. The van der Waals surface area contributed by atoms with Gasteiger partial charge in [-0.1, -0.05) is 16.9 Å². The fraction of sp³-hybridized carbons (Fsp3) is 0.526. The van der Waals surface area contributed by atoms with E-state index in [0.717, 1.165) is 5.03 Å². The maximum Gasteiger partial charge on any atom is 0.311 e. The first-order valence-corrected chi connectivity index (χ1v) is 20.5. The Morgan fingerprint density at radius 1 is 1.00 bits per heavy atom. The largest absolute Gasteiger partial charge is 0.493 e. The molecule has 2 aromatic carbocycles. The standard InChI is InChI=1S/C38H43NO14S2/c1-18-46-16-27-36(50-18)32(42)33(43)38(51-27)53-35-22-13-25-24(48-17-49-25)12-21(22)30(31-23(35)15-47-37(31)44)19-10-20(14-40)34(26(11-19)45-2)52-29(41)7-5-9-54-55-28-6-3-4-8-39-28/h3-4,6,8,10-13,18,23,27,30-33,35-38,40,42-44H,5,7,9,14-17H2,1-2H3/t18?,23-,27?,30+,31-,32?,33?,35+,36?,37?,38?/m0/s1. The van der Waals surface area contributed by atoms with Gasteiger partial charge >= 0.3 is 5.97 Å². The summed E-state index contributed by atoms with van der Waals surface area (Å²) in [6.07, 6.45) is -5.68. The topological polar surface area (TPSA) is 194 Å². The first kappa shape index (κ1) is 38.7. The Kier molecular flexibility index (Phi) is 11.8. The highest BCUT2D eigenvalue weighted by atomic mass is 33.1. The van der Waals surface area contributed by atoms with E-state index in [-0.39, 0.29) is 37.9 Å². The lowest BCUT2D eigenvalue weighted by molar-refractivity contribution is -0.364. The molecule has 0 saturated carbocycles. The summed E-state index contributed by atoms with van der Waals surface area (Å²) in [5, 5.41) is 45.2. The van der Waals surface area contributed by atoms with E-state index in [1.807, 2.05) is 30.3 Å². The van der Waals surface area contributed by atoms with Crippen molar-refractivity contribution in [3.63, 3.8) is 0 Å². The first-order chi connectivity index (χ1) is 26.7. The van der Waals surface area contributed by atoms with Crippen molar-refractivity contribution >= 4 is 27.6 Å². The van der Waals surface area contributed by atoms with Crippen LogP contribution in [0.15, 0.2) is 53.7 Å². The van der Waals surface area contributed by atoms with Crippen molar-refractivity contribution in [2.45, 2.75) is 86.7 Å². The van der Waals surface area contributed by atoms with Crippen LogP contribution in [0.4, 0.5) is 0 Å². The van der Waals surface area contributed by atoms with Crippen LogP contribution in [0.25, 0.3) is 0 Å². The molecule has 296 valence electrons. The van der Waals surface area contributed by atoms with Gasteiger partial charge in [-0.05, 0) is 77.2 Å². The van der Waals surface area contributed by atoms with E-state index in [1.54, 1.807) is 36.0 Å². The summed E-state index contributed by atoms with van der Waals surface area (Å²) >= 11 is 0. The van der Waals surface area contributed by atoms with Crippen LogP contribution in [-0.2, 0) is 35.1 Å². The summed E-state index contributed by atoms with van der Waals surface area (Å²) < 4.78 is 53.0. The summed E-state index contributed by atoms with van der Waals surface area (Å²) in [5.41, 5.74) is 2.35. The number of aliphatic hydroxyl groups excluding tert-OH is 4. The molecule has 1 aliphatic carbocycles. The molecule has 0 spiro atoms. The summed E-state index contributed by atoms with van der Waals surface area (Å²) in [4.78, 5) is 17.3. The molecule has 8 rings (SSSR count). The molecule has 11 atom stereocenters. The summed E-state index contributed by atoms with van der Waals surface area (Å²) in [6.45, 7) is 1.48. The molecule has 3 fully saturated rings. The zero-order valence-corrected chi connectivity index (χ0v) is 31.7. The number of ether oxygens (including phenoxy) is 9. The van der Waals surface area contributed by atoms with E-state index in [1.165, 1.54) is 17.9 Å². The molecule has 5 heterocycles. The Balaban J connectivity index is 1.07. The number of carbonyl (C=O) groups is 1. The maximum absolute atomic E-state index is 13.0. The van der Waals surface area contributed by atoms with Gasteiger partial charge in [0.05, 0.1) is 33.0 Å². The minimum Gasteiger partial charge on any atom is -0.493 e. The van der Waals surface area contributed by atoms with Crippen molar-refractivity contribution in [3.8, 4) is 23.0 Å². The highest BCUT2D eigenvalue weighted by molar-refractivity contribution is 8.76. The molecule has 0 amide bonds. The summed E-state index contributed by atoms with van der Waals surface area (Å²) in [5.74, 6) is -0.0902. The third-order valence-electron chi connectivity index (χ3n) is 10.6. The lowest BCUT2D eigenvalue weighted by Gasteiger charge is -2.48. The number of aliphatic hydroxyl groups is 4. The van der Waals surface area contributed by atoms with Crippen molar-refractivity contribution < 1.29 is 67.9 Å². The van der Waals surface area contributed by atoms with Gasteiger partial charge in [0.25, 0.3) is 0 Å². The Hall–Kier alpha value is -3.20. The monoisotopic (exact) mass is 801 g/mol. The molecule has 55 heavy (non-hydrogen) atoms. The van der Waals surface area contributed by atoms with Gasteiger partial charge in [-0.25, -0.2) is 4.98 Å². The molecule has 5 aliphatic rings. The molecule has 15 nitrogen and oxygen atoms in total. The van der Waals surface area contributed by atoms with Crippen LogP contribution in [0, 0.1) is 11.8 Å². The van der Waals surface area contributed by atoms with Gasteiger partial charge in [-0.15, -0.1) is 0 Å². The first-order valence-electron chi connectivity index (χ1n) is 18.1. The van der Waals surface area contributed by atoms with Gasteiger partial charge in [0, 0.05) is 41.7 Å². The van der Waals surface area contributed by atoms with Crippen molar-refractivity contribution in [2.75, 3.05) is 32.9 Å². The number of nitrogens with zero attached hydrogens (tertiary/aromatic N) is 1. The van der Waals surface area contributed by atoms with Crippen LogP contribution < -0.4 is 18.9 Å². The Bertz CT molecular complexity index is 1810. The number of aromatic nitrogens is 1. The van der Waals surface area contributed by atoms with Gasteiger partial charge in [-0.2, -0.15) is 0 Å². The molecule has 7 unspecified atom stereocenters. The Labute approximate surface area is 324 Å². The van der Waals surface area contributed by atoms with E-state index in [2.05, 4.69) is 4.98 Å². The van der Waals surface area contributed by atoms with E-state index in [4.69, 9.17) is 42.6 Å². The van der Waals surface area contributed by atoms with Crippen molar-refractivity contribution in [2.24, 2.45) is 11.8 Å². The number of fused-ring (bicyclic) bond motifs is 4. The van der Waals surface area contributed by atoms with Crippen LogP contribution in [-0.4, -0.2) is 108 Å². The second-order valence-corrected chi connectivity index (χ2v) is 16.3. The van der Waals surface area contributed by atoms with E-state index in [0.29, 0.717) is 45.9 Å². The third-order valence-corrected chi connectivity index (χ3v) is 12.9. The number of methoxy groups -OCH3 is 1. The molecule has 1 aromatic heterocycles. The SMILES string of the molecule is COc1cc([C@@H]2c3cc4c(cc3[C@@H](OC3OC5COC(C)OC5C(O)C3O)[C@H]3COC(O)[C@H]23)OCO4)cc(CO)c1OC(=O)CCCSSc1ccccn1. The second kappa shape index (κ2) is 16.7. The number of hydrogen-bond donors (Lipinski definition) is 4. The maximum atomic E-state index is 13.0. The number of hydrogen-bond acceptors (Lipinski definition) is 17. The Morgan fingerprint density at radius 2 is 1.82 bits per heavy atom. The molecule has 3 aromatic rings. The average Bonchev–Trinajstić information content (AvgIpc) is 3.82. The average molecular weight is 802 g/mol. The van der Waals surface area contributed by atoms with Gasteiger partial charge in [-0.3, -0.25) is 4.79 Å². The van der Waals surface area contributed by atoms with Crippen LogP contribution in [0.3, 0.4) is 0 Å². The fourth-order valence-corrected chi connectivity index (χ4v) is 9.96. The molecular weight excluding hydrogens is 759 g/mol. The summed E-state index contributed by atoms with van der Waals surface area (Å²) in [6, 6.07) is 12.8.